The highest BCUT2D eigenvalue weighted by Gasteiger charge is 2.17. The molecule has 0 aliphatic carbocycles. The van der Waals surface area contributed by atoms with Crippen LogP contribution >= 0.6 is 22.9 Å². The normalized spacial score (nSPS) is 11.7. The fourth-order valence-electron chi connectivity index (χ4n) is 2.31. The summed E-state index contributed by atoms with van der Waals surface area (Å²) in [6.07, 6.45) is 0. The zero-order chi connectivity index (χ0) is 19.6. The highest BCUT2D eigenvalue weighted by atomic mass is 32.1. The van der Waals surface area contributed by atoms with E-state index in [1.54, 1.807) is 13.8 Å². The van der Waals surface area contributed by atoms with Gasteiger partial charge in [-0.25, -0.2) is 0 Å². The number of non-ortho nitro benzene ring substituents is 1. The van der Waals surface area contributed by atoms with Crippen molar-refractivity contribution in [2.75, 3.05) is 6.61 Å². The Morgan fingerprint density at radius 1 is 1.41 bits per heavy atom. The van der Waals surface area contributed by atoms with Gasteiger partial charge in [0.1, 0.15) is 11.4 Å². The molecule has 0 bridgehead atoms. The SMILES string of the molecule is CCOC(=O)Cn1c(=NC(=O)c2snnc2C)sc2cc([N+](=O)[O-])ccc21. The first-order chi connectivity index (χ1) is 12.9. The van der Waals surface area contributed by atoms with Crippen LogP contribution < -0.4 is 4.80 Å². The average molecular weight is 407 g/mol. The molecule has 2 heterocycles. The zero-order valence-electron chi connectivity index (χ0n) is 14.2. The maximum atomic E-state index is 12.4. The van der Waals surface area contributed by atoms with E-state index >= 15 is 0 Å². The van der Waals surface area contributed by atoms with Crippen LogP contribution in [0.4, 0.5) is 5.69 Å². The topological polar surface area (TPSA) is 130 Å². The number of nitrogens with zero attached hydrogens (tertiary/aromatic N) is 5. The van der Waals surface area contributed by atoms with Gasteiger partial charge in [0.15, 0.2) is 4.80 Å². The number of rotatable bonds is 5. The monoisotopic (exact) mass is 407 g/mol. The molecule has 0 spiro atoms. The number of amides is 1. The van der Waals surface area contributed by atoms with Gasteiger partial charge in [-0.2, -0.15) is 4.99 Å². The van der Waals surface area contributed by atoms with Crippen LogP contribution in [0.3, 0.4) is 0 Å². The predicted molar refractivity (Wildman–Crippen MR) is 97.6 cm³/mol. The van der Waals surface area contributed by atoms with Crippen molar-refractivity contribution in [2.45, 2.75) is 20.4 Å². The third-order valence-corrected chi connectivity index (χ3v) is 5.37. The highest BCUT2D eigenvalue weighted by Crippen LogP contribution is 2.23. The molecule has 0 radical (unpaired) electrons. The summed E-state index contributed by atoms with van der Waals surface area (Å²) in [5.41, 5.74) is 0.916. The van der Waals surface area contributed by atoms with Gasteiger partial charge in [0.2, 0.25) is 0 Å². The molecule has 0 fully saturated rings. The average Bonchev–Trinajstić information content (AvgIpc) is 3.18. The van der Waals surface area contributed by atoms with Gasteiger partial charge in [-0.3, -0.25) is 19.7 Å². The first-order valence-electron chi connectivity index (χ1n) is 7.72. The molecule has 27 heavy (non-hydrogen) atoms. The molecule has 0 saturated heterocycles. The number of aromatic nitrogens is 3. The maximum Gasteiger partial charge on any atom is 0.326 e. The van der Waals surface area contributed by atoms with Gasteiger partial charge in [-0.15, -0.1) is 5.10 Å². The minimum atomic E-state index is -0.541. The van der Waals surface area contributed by atoms with Crippen molar-refractivity contribution in [3.05, 3.63) is 43.7 Å². The molecule has 0 N–H and O–H groups in total. The largest absolute Gasteiger partial charge is 0.465 e. The van der Waals surface area contributed by atoms with Crippen molar-refractivity contribution in [1.82, 2.24) is 14.2 Å². The third kappa shape index (κ3) is 3.90. The van der Waals surface area contributed by atoms with Crippen molar-refractivity contribution >= 4 is 50.6 Å². The van der Waals surface area contributed by atoms with E-state index in [0.29, 0.717) is 20.8 Å². The first-order valence-corrected chi connectivity index (χ1v) is 9.31. The Labute approximate surface area is 160 Å². The lowest BCUT2D eigenvalue weighted by molar-refractivity contribution is -0.384. The third-order valence-electron chi connectivity index (χ3n) is 3.51. The van der Waals surface area contributed by atoms with Gasteiger partial charge >= 0.3 is 5.97 Å². The van der Waals surface area contributed by atoms with Crippen LogP contribution in [0.1, 0.15) is 22.3 Å². The van der Waals surface area contributed by atoms with Crippen molar-refractivity contribution < 1.29 is 19.2 Å². The molecule has 12 heteroatoms. The lowest BCUT2D eigenvalue weighted by atomic mass is 10.3. The number of hydrogen-bond acceptors (Lipinski definition) is 9. The Hall–Kier alpha value is -2.99. The van der Waals surface area contributed by atoms with E-state index in [2.05, 4.69) is 14.6 Å². The number of nitro groups is 1. The van der Waals surface area contributed by atoms with Crippen LogP contribution in [0, 0.1) is 17.0 Å². The van der Waals surface area contributed by atoms with Gasteiger partial charge in [0.05, 0.1) is 27.4 Å². The summed E-state index contributed by atoms with van der Waals surface area (Å²) < 4.78 is 10.7. The maximum absolute atomic E-state index is 12.4. The number of thiazole rings is 1. The van der Waals surface area contributed by atoms with Gasteiger partial charge in [-0.05, 0) is 31.4 Å². The summed E-state index contributed by atoms with van der Waals surface area (Å²) >= 11 is 2.00. The van der Waals surface area contributed by atoms with Crippen molar-refractivity contribution in [2.24, 2.45) is 4.99 Å². The Morgan fingerprint density at radius 3 is 2.81 bits per heavy atom. The summed E-state index contributed by atoms with van der Waals surface area (Å²) in [4.78, 5) is 39.5. The summed E-state index contributed by atoms with van der Waals surface area (Å²) in [7, 11) is 0. The van der Waals surface area contributed by atoms with E-state index in [4.69, 9.17) is 4.74 Å². The van der Waals surface area contributed by atoms with E-state index in [1.807, 2.05) is 0 Å². The smallest absolute Gasteiger partial charge is 0.326 e. The molecule has 1 aromatic carbocycles. The first kappa shape index (κ1) is 18.8. The standard InChI is InChI=1S/C15H13N5O5S2/c1-3-25-12(21)7-19-10-5-4-9(20(23)24)6-11(10)26-15(19)16-14(22)13-8(2)17-18-27-13/h4-6H,3,7H2,1-2H3. The van der Waals surface area contributed by atoms with Gasteiger partial charge in [-0.1, -0.05) is 15.8 Å². The molecule has 3 aromatic rings. The van der Waals surface area contributed by atoms with Crippen LogP contribution in [0.15, 0.2) is 23.2 Å². The van der Waals surface area contributed by atoms with Crippen LogP contribution in [-0.2, 0) is 16.1 Å². The minimum absolute atomic E-state index is 0.0904. The lowest BCUT2D eigenvalue weighted by Gasteiger charge is -2.04. The fraction of sp³-hybridized carbons (Fsp3) is 0.267. The quantitative estimate of drug-likeness (QED) is 0.359. The van der Waals surface area contributed by atoms with E-state index in [1.165, 1.54) is 22.8 Å². The van der Waals surface area contributed by atoms with Crippen LogP contribution in [0.5, 0.6) is 0 Å². The molecule has 10 nitrogen and oxygen atoms in total. The van der Waals surface area contributed by atoms with E-state index < -0.39 is 16.8 Å². The van der Waals surface area contributed by atoms with Gasteiger partial charge < -0.3 is 9.30 Å². The van der Waals surface area contributed by atoms with Crippen molar-refractivity contribution in [1.29, 1.82) is 0 Å². The number of ether oxygens (including phenoxy) is 1. The summed E-state index contributed by atoms with van der Waals surface area (Å²) in [6, 6.07) is 4.23. The molecule has 0 saturated carbocycles. The number of esters is 1. The van der Waals surface area contributed by atoms with E-state index in [9.17, 15) is 19.7 Å². The molecule has 1 amide bonds. The predicted octanol–water partition coefficient (Wildman–Crippen LogP) is 2.08. The molecule has 3 rings (SSSR count). The molecular weight excluding hydrogens is 394 g/mol. The molecule has 0 aliphatic heterocycles. The Bertz CT molecular complexity index is 1110. The summed E-state index contributed by atoms with van der Waals surface area (Å²) in [5.74, 6) is -1.04. The van der Waals surface area contributed by atoms with Crippen LogP contribution in [0.2, 0.25) is 0 Å². The number of aryl methyl sites for hydroxylation is 1. The number of nitro benzene ring substituents is 1. The Kier molecular flexibility index (Phi) is 5.37. The zero-order valence-corrected chi connectivity index (χ0v) is 15.9. The number of carbonyl (C=O) groups is 2. The number of fused-ring (bicyclic) bond motifs is 1. The highest BCUT2D eigenvalue weighted by molar-refractivity contribution is 7.16. The molecule has 0 unspecified atom stereocenters. The second kappa shape index (κ2) is 7.72. The van der Waals surface area contributed by atoms with Crippen molar-refractivity contribution in [3.63, 3.8) is 0 Å². The molecule has 0 atom stereocenters. The number of carbonyl (C=O) groups excluding carboxylic acids is 2. The number of hydrogen-bond donors (Lipinski definition) is 0. The van der Waals surface area contributed by atoms with E-state index in [0.717, 1.165) is 22.9 Å². The molecule has 2 aromatic heterocycles. The van der Waals surface area contributed by atoms with Gasteiger partial charge in [0, 0.05) is 12.1 Å². The van der Waals surface area contributed by atoms with Crippen molar-refractivity contribution in [3.8, 4) is 0 Å². The Morgan fingerprint density at radius 2 is 2.19 bits per heavy atom. The second-order valence-corrected chi connectivity index (χ2v) is 7.05. The second-order valence-electron chi connectivity index (χ2n) is 5.29. The van der Waals surface area contributed by atoms with E-state index in [-0.39, 0.29) is 23.6 Å². The minimum Gasteiger partial charge on any atom is -0.465 e. The lowest BCUT2D eigenvalue weighted by Crippen LogP contribution is -2.23. The van der Waals surface area contributed by atoms with Crippen LogP contribution in [-0.4, -0.2) is 37.6 Å². The molecule has 140 valence electrons. The summed E-state index contributed by atoms with van der Waals surface area (Å²) in [5, 5.41) is 14.8. The van der Waals surface area contributed by atoms with Crippen LogP contribution in [0.25, 0.3) is 10.2 Å². The summed E-state index contributed by atoms with van der Waals surface area (Å²) in [6.45, 7) is 3.38. The molecular formula is C15H13N5O5S2. The Balaban J connectivity index is 2.15. The van der Waals surface area contributed by atoms with Gasteiger partial charge in [0.25, 0.3) is 11.6 Å². The molecule has 0 aliphatic rings. The number of benzene rings is 1. The fourth-order valence-corrected chi connectivity index (χ4v) is 3.92.